The van der Waals surface area contributed by atoms with Crippen molar-refractivity contribution >= 4 is 34.9 Å². The Morgan fingerprint density at radius 3 is 1.48 bits per heavy atom. The average Bonchev–Trinajstić information content (AvgIpc) is 4.00. The maximum atomic E-state index is 12.6. The van der Waals surface area contributed by atoms with Gasteiger partial charge in [-0.2, -0.15) is 0 Å². The highest BCUT2D eigenvalue weighted by Crippen LogP contribution is 2.19. The number of carbonyl (C=O) groups is 2. The highest BCUT2D eigenvalue weighted by atomic mass is 32.1. The van der Waals surface area contributed by atoms with E-state index in [4.69, 9.17) is 9.47 Å². The molecule has 4 aromatic heterocycles. The van der Waals surface area contributed by atoms with Crippen LogP contribution in [0, 0.1) is 20.8 Å². The van der Waals surface area contributed by atoms with E-state index in [9.17, 15) is 9.59 Å². The first-order valence-electron chi connectivity index (χ1n) is 21.9. The molecule has 2 amide bonds. The molecule has 330 valence electrons. The summed E-state index contributed by atoms with van der Waals surface area (Å²) in [5.74, 6) is 1.18. The highest BCUT2D eigenvalue weighted by molar-refractivity contribution is 7.09. The van der Waals surface area contributed by atoms with E-state index in [1.807, 2.05) is 91.6 Å². The molecular weight excluding hydrogens is 829 g/mol. The van der Waals surface area contributed by atoms with Gasteiger partial charge >= 0.3 is 12.2 Å². The number of hydrogen-bond donors (Lipinski definition) is 0. The lowest BCUT2D eigenvalue weighted by Gasteiger charge is -2.33. The summed E-state index contributed by atoms with van der Waals surface area (Å²) in [6.07, 6.45) is 10.5. The molecule has 2 saturated heterocycles. The fraction of sp³-hybridized carbons (Fsp3) is 0.388. The molecule has 6 heterocycles. The number of amides is 2. The number of nitrogens with zero attached hydrogens (tertiary/aromatic N) is 8. The largest absolute Gasteiger partial charge is 0.415 e. The van der Waals surface area contributed by atoms with E-state index in [1.165, 1.54) is 27.3 Å². The van der Waals surface area contributed by atoms with Crippen LogP contribution in [0.4, 0.5) is 9.59 Å². The van der Waals surface area contributed by atoms with Gasteiger partial charge in [-0.25, -0.2) is 19.6 Å². The van der Waals surface area contributed by atoms with Gasteiger partial charge in [-0.3, -0.25) is 19.8 Å². The Labute approximate surface area is 379 Å². The van der Waals surface area contributed by atoms with Gasteiger partial charge in [-0.15, -0.1) is 22.7 Å². The molecule has 0 N–H and O–H groups in total. The monoisotopic (exact) mass is 886 g/mol. The van der Waals surface area contributed by atoms with Crippen molar-refractivity contribution in [3.63, 3.8) is 0 Å². The summed E-state index contributed by atoms with van der Waals surface area (Å²) in [4.78, 5) is 51.2. The van der Waals surface area contributed by atoms with Gasteiger partial charge in [0.2, 0.25) is 0 Å². The second-order valence-corrected chi connectivity index (χ2v) is 18.0. The number of ether oxygens (including phenoxy) is 2. The second-order valence-electron chi connectivity index (χ2n) is 16.0. The number of rotatable bonds is 14. The van der Waals surface area contributed by atoms with Gasteiger partial charge in [0, 0.05) is 119 Å². The van der Waals surface area contributed by atoms with Crippen LogP contribution in [-0.2, 0) is 38.5 Å². The summed E-state index contributed by atoms with van der Waals surface area (Å²) in [7, 11) is 0. The third kappa shape index (κ3) is 14.2. The number of thiazole rings is 2. The van der Waals surface area contributed by atoms with Gasteiger partial charge in [0.15, 0.2) is 0 Å². The number of carbonyl (C=O) groups excluding carboxylic acids is 2. The van der Waals surface area contributed by atoms with Crippen LogP contribution < -0.4 is 9.47 Å². The number of piperazine rings is 2. The molecule has 63 heavy (non-hydrogen) atoms. The topological polar surface area (TPSA) is 117 Å². The molecule has 0 aliphatic carbocycles. The molecule has 2 aliphatic rings. The fourth-order valence-corrected chi connectivity index (χ4v) is 8.86. The smallest absolute Gasteiger partial charge is 0.410 e. The summed E-state index contributed by atoms with van der Waals surface area (Å²) in [5.41, 5.74) is 8.27. The fourth-order valence-electron chi connectivity index (χ4n) is 7.60. The van der Waals surface area contributed by atoms with Crippen molar-refractivity contribution in [2.45, 2.75) is 59.3 Å². The average molecular weight is 887 g/mol. The molecule has 6 aromatic rings. The summed E-state index contributed by atoms with van der Waals surface area (Å²) in [6.45, 7) is 14.4. The first-order chi connectivity index (χ1) is 30.7. The summed E-state index contributed by atoms with van der Waals surface area (Å²) < 4.78 is 11.2. The first kappa shape index (κ1) is 45.5. The van der Waals surface area contributed by atoms with Crippen molar-refractivity contribution < 1.29 is 19.1 Å². The molecule has 0 bridgehead atoms. The number of aryl methyl sites for hydroxylation is 7. The molecule has 0 unspecified atom stereocenters. The predicted octanol–water partition coefficient (Wildman–Crippen LogP) is 8.29. The first-order valence-corrected chi connectivity index (χ1v) is 23.7. The van der Waals surface area contributed by atoms with Crippen LogP contribution in [0.5, 0.6) is 11.5 Å². The normalized spacial score (nSPS) is 14.5. The van der Waals surface area contributed by atoms with Gasteiger partial charge in [0.25, 0.3) is 0 Å². The van der Waals surface area contributed by atoms with Gasteiger partial charge < -0.3 is 19.3 Å². The zero-order chi connectivity index (χ0) is 43.8. The van der Waals surface area contributed by atoms with Crippen LogP contribution in [0.15, 0.2) is 102 Å². The molecule has 0 spiro atoms. The molecule has 12 nitrogen and oxygen atoms in total. The van der Waals surface area contributed by atoms with Crippen LogP contribution in [0.3, 0.4) is 0 Å². The van der Waals surface area contributed by atoms with Crippen molar-refractivity contribution in [2.24, 2.45) is 0 Å². The lowest BCUT2D eigenvalue weighted by Crippen LogP contribution is -2.49. The molecular formula is C49H58N8O4S2. The van der Waals surface area contributed by atoms with E-state index >= 15 is 0 Å². The second kappa shape index (κ2) is 23.2. The van der Waals surface area contributed by atoms with Crippen LogP contribution >= 0.6 is 22.7 Å². The molecule has 0 radical (unpaired) electrons. The van der Waals surface area contributed by atoms with Crippen molar-refractivity contribution in [2.75, 3.05) is 65.4 Å². The Bertz CT molecular complexity index is 2320. The number of hydrogen-bond acceptors (Lipinski definition) is 12. The lowest BCUT2D eigenvalue weighted by atomic mass is 10.1. The van der Waals surface area contributed by atoms with Gasteiger partial charge in [-0.05, 0) is 105 Å². The number of benzene rings is 2. The van der Waals surface area contributed by atoms with Gasteiger partial charge in [0.1, 0.15) is 11.5 Å². The third-order valence-electron chi connectivity index (χ3n) is 11.5. The van der Waals surface area contributed by atoms with E-state index in [-0.39, 0.29) is 12.2 Å². The predicted molar refractivity (Wildman–Crippen MR) is 250 cm³/mol. The number of pyridine rings is 2. The minimum Gasteiger partial charge on any atom is -0.410 e. The molecule has 2 fully saturated rings. The van der Waals surface area contributed by atoms with Crippen LogP contribution in [0.25, 0.3) is 0 Å². The van der Waals surface area contributed by atoms with Crippen LogP contribution in [-0.4, -0.2) is 117 Å². The van der Waals surface area contributed by atoms with Gasteiger partial charge in [-0.1, -0.05) is 36.4 Å². The van der Waals surface area contributed by atoms with Crippen LogP contribution in [0.1, 0.15) is 49.4 Å². The SMILES string of the molecule is Cc1cccnc1CCc1ccc(OC(=O)N2CCN(CCc3nccs3)CC2)cc1.Cc1nc(CCN2CCN(C(=O)Oc3ccc(CCc4ncccc4C)cc3)CC2)cs1. The molecule has 2 aromatic carbocycles. The van der Waals surface area contributed by atoms with E-state index in [1.54, 1.807) is 32.5 Å². The minimum atomic E-state index is -0.267. The summed E-state index contributed by atoms with van der Waals surface area (Å²) >= 11 is 3.39. The van der Waals surface area contributed by atoms with Crippen molar-refractivity contribution in [1.29, 1.82) is 0 Å². The third-order valence-corrected chi connectivity index (χ3v) is 13.2. The lowest BCUT2D eigenvalue weighted by molar-refractivity contribution is 0.110. The van der Waals surface area contributed by atoms with Crippen molar-refractivity contribution in [3.05, 3.63) is 151 Å². The molecule has 14 heteroatoms. The highest BCUT2D eigenvalue weighted by Gasteiger charge is 2.24. The van der Waals surface area contributed by atoms with Gasteiger partial charge in [0.05, 0.1) is 15.7 Å². The zero-order valence-electron chi connectivity index (χ0n) is 36.7. The molecule has 0 saturated carbocycles. The quantitative estimate of drug-likeness (QED) is 0.106. The maximum Gasteiger partial charge on any atom is 0.415 e. The van der Waals surface area contributed by atoms with Crippen molar-refractivity contribution in [1.82, 2.24) is 39.5 Å². The molecule has 0 atom stereocenters. The maximum absolute atomic E-state index is 12.6. The molecule has 2 aliphatic heterocycles. The Kier molecular flexibility index (Phi) is 16.8. The Morgan fingerprint density at radius 1 is 0.556 bits per heavy atom. The molecule has 8 rings (SSSR count). The standard InChI is InChI=1S/C25H30N4O2S.C24H28N4O2S/c1-19-4-3-12-26-24(19)10-7-21-5-8-23(9-6-21)31-25(30)29-16-14-28(15-17-29)13-11-22-18-32-20(2)27-22;1-19-3-2-11-25-22(19)9-6-20-4-7-21(8-5-20)30-24(29)28-16-14-27(15-17-28)13-10-23-26-12-18-31-23/h3-6,8-9,12,18H,7,10-11,13-17H2,1-2H3;2-5,7-8,11-12,18H,6,9-10,13-17H2,1H3. The summed E-state index contributed by atoms with van der Waals surface area (Å²) in [5, 5.41) is 6.43. The number of aromatic nitrogens is 4. The van der Waals surface area contributed by atoms with Crippen molar-refractivity contribution in [3.8, 4) is 11.5 Å². The Balaban J connectivity index is 0.000000189. The zero-order valence-corrected chi connectivity index (χ0v) is 38.3. The van der Waals surface area contributed by atoms with E-state index < -0.39 is 0 Å². The summed E-state index contributed by atoms with van der Waals surface area (Å²) in [6, 6.07) is 23.7. The van der Waals surface area contributed by atoms with E-state index in [0.29, 0.717) is 37.7 Å². The Hall–Kier alpha value is -5.54. The minimum absolute atomic E-state index is 0.267. The Morgan fingerprint density at radius 2 is 1.05 bits per heavy atom. The van der Waals surface area contributed by atoms with Crippen LogP contribution in [0.2, 0.25) is 0 Å². The van der Waals surface area contributed by atoms with E-state index in [2.05, 4.69) is 61.1 Å². The van der Waals surface area contributed by atoms with E-state index in [0.717, 1.165) is 99.9 Å².